The number of nitrogens with two attached hydrogens (primary N) is 1. The van der Waals surface area contributed by atoms with Crippen LogP contribution in [-0.2, 0) is 16.0 Å². The van der Waals surface area contributed by atoms with E-state index in [1.165, 1.54) is 6.92 Å². The van der Waals surface area contributed by atoms with E-state index in [9.17, 15) is 21.6 Å². The zero-order valence-corrected chi connectivity index (χ0v) is 9.85. The Kier molecular flexibility index (Phi) is 3.83. The molecule has 0 fully saturated rings. The van der Waals surface area contributed by atoms with Crippen LogP contribution >= 0.6 is 0 Å². The Morgan fingerprint density at radius 2 is 1.71 bits per heavy atom. The highest BCUT2D eigenvalue weighted by molar-refractivity contribution is 7.91. The SMILES string of the molecule is CC(N)CS(=O)(=O)c1ccc(C(F)(F)F)cc1. The van der Waals surface area contributed by atoms with Crippen LogP contribution in [0.2, 0.25) is 0 Å². The van der Waals surface area contributed by atoms with E-state index in [0.29, 0.717) is 0 Å². The first-order chi connectivity index (χ1) is 7.63. The van der Waals surface area contributed by atoms with E-state index in [1.807, 2.05) is 0 Å². The van der Waals surface area contributed by atoms with Crippen LogP contribution < -0.4 is 5.73 Å². The van der Waals surface area contributed by atoms with E-state index >= 15 is 0 Å². The smallest absolute Gasteiger partial charge is 0.327 e. The minimum atomic E-state index is -4.47. The van der Waals surface area contributed by atoms with Crippen molar-refractivity contribution in [2.45, 2.75) is 24.0 Å². The molecule has 7 heteroatoms. The zero-order valence-electron chi connectivity index (χ0n) is 9.03. The lowest BCUT2D eigenvalue weighted by Crippen LogP contribution is -2.26. The summed E-state index contributed by atoms with van der Waals surface area (Å²) in [4.78, 5) is -0.150. The lowest BCUT2D eigenvalue weighted by molar-refractivity contribution is -0.137. The normalized spacial score (nSPS) is 14.6. The first-order valence-corrected chi connectivity index (χ1v) is 6.44. The van der Waals surface area contributed by atoms with Gasteiger partial charge < -0.3 is 5.73 Å². The molecule has 0 bridgehead atoms. The maximum absolute atomic E-state index is 12.3. The Morgan fingerprint density at radius 1 is 1.24 bits per heavy atom. The minimum absolute atomic E-state index is 0.150. The molecule has 1 aromatic rings. The lowest BCUT2D eigenvalue weighted by atomic mass is 10.2. The van der Waals surface area contributed by atoms with Crippen molar-refractivity contribution in [1.82, 2.24) is 0 Å². The van der Waals surface area contributed by atoms with Gasteiger partial charge in [0.1, 0.15) is 0 Å². The van der Waals surface area contributed by atoms with E-state index in [1.54, 1.807) is 0 Å². The molecule has 0 amide bonds. The van der Waals surface area contributed by atoms with Crippen molar-refractivity contribution in [3.05, 3.63) is 29.8 Å². The highest BCUT2D eigenvalue weighted by atomic mass is 32.2. The Labute approximate surface area is 97.4 Å². The number of rotatable bonds is 3. The average Bonchev–Trinajstić information content (AvgIpc) is 2.14. The molecule has 96 valence electrons. The van der Waals surface area contributed by atoms with Gasteiger partial charge in [0.2, 0.25) is 0 Å². The predicted molar refractivity (Wildman–Crippen MR) is 57.1 cm³/mol. The summed E-state index contributed by atoms with van der Waals surface area (Å²) in [5.41, 5.74) is 4.48. The number of benzene rings is 1. The van der Waals surface area contributed by atoms with Crippen LogP contribution in [0.4, 0.5) is 13.2 Å². The molecule has 2 N–H and O–H groups in total. The standard InChI is InChI=1S/C10H12F3NO2S/c1-7(14)6-17(15,16)9-4-2-8(3-5-9)10(11,12)13/h2-5,7H,6,14H2,1H3. The molecule has 0 aliphatic rings. The van der Waals surface area contributed by atoms with E-state index in [-0.39, 0.29) is 10.6 Å². The summed E-state index contributed by atoms with van der Waals surface area (Å²) in [6.45, 7) is 1.52. The predicted octanol–water partition coefficient (Wildman–Crippen LogP) is 1.83. The second kappa shape index (κ2) is 4.66. The molecule has 0 aromatic heterocycles. The van der Waals surface area contributed by atoms with Gasteiger partial charge in [-0.1, -0.05) is 0 Å². The fraction of sp³-hybridized carbons (Fsp3) is 0.400. The summed E-state index contributed by atoms with van der Waals surface area (Å²) >= 11 is 0. The molecule has 0 aliphatic heterocycles. The Hall–Kier alpha value is -1.08. The van der Waals surface area contributed by atoms with Gasteiger partial charge in [0.15, 0.2) is 9.84 Å². The number of hydrogen-bond donors (Lipinski definition) is 1. The Morgan fingerprint density at radius 3 is 2.06 bits per heavy atom. The molecule has 0 saturated heterocycles. The third-order valence-corrected chi connectivity index (χ3v) is 3.98. The van der Waals surface area contributed by atoms with Crippen molar-refractivity contribution in [3.63, 3.8) is 0 Å². The first-order valence-electron chi connectivity index (χ1n) is 4.78. The van der Waals surface area contributed by atoms with Crippen LogP contribution in [0.15, 0.2) is 29.2 Å². The second-order valence-corrected chi connectivity index (χ2v) is 5.82. The van der Waals surface area contributed by atoms with Crippen LogP contribution in [0, 0.1) is 0 Å². The Bertz CT molecular complexity index is 477. The minimum Gasteiger partial charge on any atom is -0.327 e. The van der Waals surface area contributed by atoms with Crippen LogP contribution in [0.3, 0.4) is 0 Å². The monoisotopic (exact) mass is 267 g/mol. The van der Waals surface area contributed by atoms with E-state index in [0.717, 1.165) is 24.3 Å². The Balaban J connectivity index is 3.03. The third-order valence-electron chi connectivity index (χ3n) is 2.02. The molecular weight excluding hydrogens is 255 g/mol. The van der Waals surface area contributed by atoms with Crippen molar-refractivity contribution in [2.24, 2.45) is 5.73 Å². The molecule has 1 unspecified atom stereocenters. The number of alkyl halides is 3. The van der Waals surface area contributed by atoms with Gasteiger partial charge in [-0.05, 0) is 31.2 Å². The van der Waals surface area contributed by atoms with Gasteiger partial charge >= 0.3 is 6.18 Å². The molecule has 0 heterocycles. The fourth-order valence-corrected chi connectivity index (χ4v) is 2.73. The summed E-state index contributed by atoms with van der Waals surface area (Å²) in [6, 6.07) is 2.81. The summed E-state index contributed by atoms with van der Waals surface area (Å²) in [5.74, 6) is -0.293. The highest BCUT2D eigenvalue weighted by Gasteiger charge is 2.30. The fourth-order valence-electron chi connectivity index (χ4n) is 1.29. The van der Waals surface area contributed by atoms with Crippen LogP contribution in [0.1, 0.15) is 12.5 Å². The largest absolute Gasteiger partial charge is 0.416 e. The molecular formula is C10H12F3NO2S. The highest BCUT2D eigenvalue weighted by Crippen LogP contribution is 2.29. The first kappa shape index (κ1) is 14.0. The summed E-state index contributed by atoms with van der Waals surface area (Å²) < 4.78 is 60.1. The van der Waals surface area contributed by atoms with Crippen molar-refractivity contribution in [2.75, 3.05) is 5.75 Å². The van der Waals surface area contributed by atoms with E-state index in [2.05, 4.69) is 0 Å². The third kappa shape index (κ3) is 3.71. The van der Waals surface area contributed by atoms with Gasteiger partial charge in [-0.25, -0.2) is 8.42 Å². The molecule has 0 aliphatic carbocycles. The maximum Gasteiger partial charge on any atom is 0.416 e. The van der Waals surface area contributed by atoms with Gasteiger partial charge in [0.25, 0.3) is 0 Å². The molecule has 1 aromatic carbocycles. The molecule has 17 heavy (non-hydrogen) atoms. The van der Waals surface area contributed by atoms with Crippen molar-refractivity contribution < 1.29 is 21.6 Å². The molecule has 1 atom stereocenters. The second-order valence-electron chi connectivity index (χ2n) is 3.78. The number of hydrogen-bond acceptors (Lipinski definition) is 3. The van der Waals surface area contributed by atoms with Gasteiger partial charge in [0.05, 0.1) is 16.2 Å². The van der Waals surface area contributed by atoms with E-state index in [4.69, 9.17) is 5.73 Å². The lowest BCUT2D eigenvalue weighted by Gasteiger charge is -2.09. The maximum atomic E-state index is 12.3. The average molecular weight is 267 g/mol. The van der Waals surface area contributed by atoms with E-state index < -0.39 is 27.6 Å². The van der Waals surface area contributed by atoms with Crippen molar-refractivity contribution >= 4 is 9.84 Å². The van der Waals surface area contributed by atoms with Crippen LogP contribution in [0.25, 0.3) is 0 Å². The van der Waals surface area contributed by atoms with Gasteiger partial charge in [-0.15, -0.1) is 0 Å². The van der Waals surface area contributed by atoms with Crippen molar-refractivity contribution in [1.29, 1.82) is 0 Å². The zero-order chi connectivity index (χ0) is 13.3. The van der Waals surface area contributed by atoms with Gasteiger partial charge in [0, 0.05) is 6.04 Å². The molecule has 1 rings (SSSR count). The number of halogens is 3. The van der Waals surface area contributed by atoms with Crippen LogP contribution in [-0.4, -0.2) is 20.2 Å². The molecule has 0 spiro atoms. The van der Waals surface area contributed by atoms with Crippen molar-refractivity contribution in [3.8, 4) is 0 Å². The molecule has 0 radical (unpaired) electrons. The quantitative estimate of drug-likeness (QED) is 0.908. The topological polar surface area (TPSA) is 60.2 Å². The number of sulfone groups is 1. The summed E-state index contributed by atoms with van der Waals surface area (Å²) in [6.07, 6.45) is -4.47. The van der Waals surface area contributed by atoms with Crippen LogP contribution in [0.5, 0.6) is 0 Å². The summed E-state index contributed by atoms with van der Waals surface area (Å²) in [7, 11) is -3.61. The van der Waals surface area contributed by atoms with Gasteiger partial charge in [-0.3, -0.25) is 0 Å². The summed E-state index contributed by atoms with van der Waals surface area (Å²) in [5, 5.41) is 0. The molecule has 0 saturated carbocycles. The molecule has 3 nitrogen and oxygen atoms in total. The van der Waals surface area contributed by atoms with Gasteiger partial charge in [-0.2, -0.15) is 13.2 Å².